The monoisotopic (exact) mass is 307 g/mol. The summed E-state index contributed by atoms with van der Waals surface area (Å²) in [5.74, 6) is 0.914. The van der Waals surface area contributed by atoms with Crippen LogP contribution in [0.2, 0.25) is 0 Å². The number of thiophene rings is 1. The van der Waals surface area contributed by atoms with Gasteiger partial charge in [0.05, 0.1) is 21.6 Å². The molecular weight excluding hydrogens is 298 g/mol. The van der Waals surface area contributed by atoms with Crippen molar-refractivity contribution >= 4 is 43.3 Å². The molecule has 17 heavy (non-hydrogen) atoms. The number of nitrogen functional groups attached to an aromatic ring is 1. The molecule has 0 unspecified atom stereocenters. The number of aryl methyl sites for hydroxylation is 1. The summed E-state index contributed by atoms with van der Waals surface area (Å²) in [5, 5.41) is 2.79. The van der Waals surface area contributed by atoms with Crippen molar-refractivity contribution in [1.82, 2.24) is 9.55 Å². The lowest BCUT2D eigenvalue weighted by molar-refractivity contribution is 0.961. The molecule has 0 fully saturated rings. The van der Waals surface area contributed by atoms with E-state index in [1.54, 1.807) is 0 Å². The fourth-order valence-corrected chi connectivity index (χ4v) is 2.91. The summed E-state index contributed by atoms with van der Waals surface area (Å²) in [5.41, 5.74) is 9.03. The third kappa shape index (κ3) is 1.66. The van der Waals surface area contributed by atoms with Gasteiger partial charge in [0.15, 0.2) is 0 Å². The highest BCUT2D eigenvalue weighted by Gasteiger charge is 2.12. The average molecular weight is 308 g/mol. The third-order valence-corrected chi connectivity index (χ3v) is 4.02. The molecule has 0 radical (unpaired) electrons. The molecular formula is C12H10BrN3S. The Morgan fingerprint density at radius 2 is 2.18 bits per heavy atom. The SMILES string of the molecule is Cn1c(-c2ccsc2N)nc2cc(Br)ccc21. The molecule has 0 spiro atoms. The molecule has 0 aliphatic carbocycles. The molecule has 5 heteroatoms. The van der Waals surface area contributed by atoms with Gasteiger partial charge < -0.3 is 10.3 Å². The zero-order chi connectivity index (χ0) is 12.0. The van der Waals surface area contributed by atoms with Gasteiger partial charge in [-0.15, -0.1) is 11.3 Å². The van der Waals surface area contributed by atoms with Crippen molar-refractivity contribution in [2.45, 2.75) is 0 Å². The number of anilines is 1. The van der Waals surface area contributed by atoms with Crippen LogP contribution in [0.25, 0.3) is 22.4 Å². The number of rotatable bonds is 1. The molecule has 2 N–H and O–H groups in total. The lowest BCUT2D eigenvalue weighted by Crippen LogP contribution is -1.93. The van der Waals surface area contributed by atoms with Gasteiger partial charge in [0.1, 0.15) is 5.82 Å². The number of nitrogens with zero attached hydrogens (tertiary/aromatic N) is 2. The average Bonchev–Trinajstić information content (AvgIpc) is 2.83. The van der Waals surface area contributed by atoms with Crippen molar-refractivity contribution in [2.75, 3.05) is 5.73 Å². The first-order valence-corrected chi connectivity index (χ1v) is 6.79. The lowest BCUT2D eigenvalue weighted by Gasteiger charge is -2.00. The predicted molar refractivity (Wildman–Crippen MR) is 76.1 cm³/mol. The second kappa shape index (κ2) is 3.85. The first-order valence-electron chi connectivity index (χ1n) is 5.12. The van der Waals surface area contributed by atoms with Crippen molar-refractivity contribution in [3.05, 3.63) is 34.1 Å². The Bertz CT molecular complexity index is 699. The normalized spacial score (nSPS) is 11.2. The zero-order valence-corrected chi connectivity index (χ0v) is 11.5. The summed E-state index contributed by atoms with van der Waals surface area (Å²) >= 11 is 4.99. The minimum Gasteiger partial charge on any atom is -0.390 e. The minimum atomic E-state index is 0.808. The number of fused-ring (bicyclic) bond motifs is 1. The van der Waals surface area contributed by atoms with Crippen molar-refractivity contribution in [2.24, 2.45) is 7.05 Å². The molecule has 0 bridgehead atoms. The van der Waals surface area contributed by atoms with E-state index in [0.29, 0.717) is 0 Å². The molecule has 0 amide bonds. The maximum atomic E-state index is 5.95. The summed E-state index contributed by atoms with van der Waals surface area (Å²) in [6.45, 7) is 0. The summed E-state index contributed by atoms with van der Waals surface area (Å²) in [7, 11) is 2.01. The highest BCUT2D eigenvalue weighted by Crippen LogP contribution is 2.32. The summed E-state index contributed by atoms with van der Waals surface area (Å²) in [6, 6.07) is 8.10. The molecule has 3 rings (SSSR count). The zero-order valence-electron chi connectivity index (χ0n) is 9.14. The van der Waals surface area contributed by atoms with Crippen LogP contribution in [0.1, 0.15) is 0 Å². The first kappa shape index (κ1) is 10.8. The molecule has 0 saturated carbocycles. The second-order valence-electron chi connectivity index (χ2n) is 3.83. The topological polar surface area (TPSA) is 43.8 Å². The molecule has 3 nitrogen and oxygen atoms in total. The fraction of sp³-hybridized carbons (Fsp3) is 0.0833. The van der Waals surface area contributed by atoms with Crippen LogP contribution in [0.15, 0.2) is 34.1 Å². The highest BCUT2D eigenvalue weighted by atomic mass is 79.9. The van der Waals surface area contributed by atoms with Crippen LogP contribution >= 0.6 is 27.3 Å². The van der Waals surface area contributed by atoms with Gasteiger partial charge >= 0.3 is 0 Å². The van der Waals surface area contributed by atoms with Gasteiger partial charge in [-0.3, -0.25) is 0 Å². The number of benzene rings is 1. The first-order chi connectivity index (χ1) is 8.16. The number of halogens is 1. The standard InChI is InChI=1S/C12H10BrN3S/c1-16-10-3-2-7(13)6-9(10)15-12(16)8-4-5-17-11(8)14/h2-6H,14H2,1H3. The molecule has 2 aromatic heterocycles. The Morgan fingerprint density at radius 1 is 1.35 bits per heavy atom. The van der Waals surface area contributed by atoms with Crippen molar-refractivity contribution in [1.29, 1.82) is 0 Å². The minimum absolute atomic E-state index is 0.808. The van der Waals surface area contributed by atoms with E-state index in [0.717, 1.165) is 31.9 Å². The molecule has 1 aromatic carbocycles. The molecule has 0 aliphatic heterocycles. The number of nitrogens with two attached hydrogens (primary N) is 1. The van der Waals surface area contributed by atoms with E-state index in [9.17, 15) is 0 Å². The van der Waals surface area contributed by atoms with Crippen LogP contribution in [-0.2, 0) is 7.05 Å². The van der Waals surface area contributed by atoms with Crippen LogP contribution in [-0.4, -0.2) is 9.55 Å². The van der Waals surface area contributed by atoms with Crippen molar-refractivity contribution in [3.8, 4) is 11.4 Å². The molecule has 0 atom stereocenters. The van der Waals surface area contributed by atoms with Gasteiger partial charge in [0.25, 0.3) is 0 Å². The van der Waals surface area contributed by atoms with Crippen LogP contribution in [0.5, 0.6) is 0 Å². The number of hydrogen-bond acceptors (Lipinski definition) is 3. The Labute approximate surface area is 111 Å². The Kier molecular flexibility index (Phi) is 2.45. The van der Waals surface area contributed by atoms with E-state index >= 15 is 0 Å². The van der Waals surface area contributed by atoms with Gasteiger partial charge in [-0.2, -0.15) is 0 Å². The van der Waals surface area contributed by atoms with Gasteiger partial charge in [0, 0.05) is 11.5 Å². The summed E-state index contributed by atoms with van der Waals surface area (Å²) in [6.07, 6.45) is 0. The Hall–Kier alpha value is -1.33. The predicted octanol–water partition coefficient (Wildman–Crippen LogP) is 3.65. The van der Waals surface area contributed by atoms with Crippen LogP contribution in [0, 0.1) is 0 Å². The van der Waals surface area contributed by atoms with Gasteiger partial charge in [-0.25, -0.2) is 4.98 Å². The molecule has 3 aromatic rings. The van der Waals surface area contributed by atoms with Crippen molar-refractivity contribution < 1.29 is 0 Å². The highest BCUT2D eigenvalue weighted by molar-refractivity contribution is 9.10. The van der Waals surface area contributed by atoms with Crippen LogP contribution in [0.3, 0.4) is 0 Å². The maximum absolute atomic E-state index is 5.95. The maximum Gasteiger partial charge on any atom is 0.143 e. The molecule has 2 heterocycles. The number of imidazole rings is 1. The Morgan fingerprint density at radius 3 is 2.88 bits per heavy atom. The quantitative estimate of drug-likeness (QED) is 0.746. The molecule has 86 valence electrons. The third-order valence-electron chi connectivity index (χ3n) is 2.78. The molecule has 0 aliphatic rings. The van der Waals surface area contributed by atoms with Gasteiger partial charge in [-0.1, -0.05) is 15.9 Å². The van der Waals surface area contributed by atoms with E-state index in [4.69, 9.17) is 5.73 Å². The largest absolute Gasteiger partial charge is 0.390 e. The number of hydrogen-bond donors (Lipinski definition) is 1. The van der Waals surface area contributed by atoms with E-state index in [-0.39, 0.29) is 0 Å². The second-order valence-corrected chi connectivity index (χ2v) is 5.69. The van der Waals surface area contributed by atoms with E-state index < -0.39 is 0 Å². The molecule has 0 saturated heterocycles. The smallest absolute Gasteiger partial charge is 0.143 e. The summed E-state index contributed by atoms with van der Waals surface area (Å²) < 4.78 is 3.10. The van der Waals surface area contributed by atoms with Gasteiger partial charge in [0.2, 0.25) is 0 Å². The van der Waals surface area contributed by atoms with Gasteiger partial charge in [-0.05, 0) is 29.6 Å². The fourth-order valence-electron chi connectivity index (χ4n) is 1.92. The Balaban J connectivity index is 2.31. The van der Waals surface area contributed by atoms with Crippen LogP contribution in [0.4, 0.5) is 5.00 Å². The van der Waals surface area contributed by atoms with E-state index in [2.05, 4.69) is 31.5 Å². The summed E-state index contributed by atoms with van der Waals surface area (Å²) in [4.78, 5) is 4.64. The lowest BCUT2D eigenvalue weighted by atomic mass is 10.3. The number of aromatic nitrogens is 2. The van der Waals surface area contributed by atoms with Crippen LogP contribution < -0.4 is 5.73 Å². The van der Waals surface area contributed by atoms with E-state index in [1.807, 2.05) is 30.6 Å². The van der Waals surface area contributed by atoms with Crippen molar-refractivity contribution in [3.63, 3.8) is 0 Å². The van der Waals surface area contributed by atoms with E-state index in [1.165, 1.54) is 11.3 Å².